The molecule has 0 saturated heterocycles. The Morgan fingerprint density at radius 2 is 1.94 bits per heavy atom. The van der Waals surface area contributed by atoms with E-state index >= 15 is 0 Å². The van der Waals surface area contributed by atoms with Gasteiger partial charge >= 0.3 is 0 Å². The molecule has 0 radical (unpaired) electrons. The molecule has 0 fully saturated rings. The molecule has 166 valence electrons. The van der Waals surface area contributed by atoms with Gasteiger partial charge in [0.15, 0.2) is 5.65 Å². The predicted molar refractivity (Wildman–Crippen MR) is 139 cm³/mol. The van der Waals surface area contributed by atoms with Crippen molar-refractivity contribution in [3.8, 4) is 11.3 Å². The lowest BCUT2D eigenvalue weighted by molar-refractivity contribution is 0.323. The Kier molecular flexibility index (Phi) is 7.73. The van der Waals surface area contributed by atoms with Gasteiger partial charge in [0.1, 0.15) is 5.82 Å². The molecule has 0 unspecified atom stereocenters. The van der Waals surface area contributed by atoms with Crippen LogP contribution >= 0.6 is 39.3 Å². The first-order valence-corrected chi connectivity index (χ1v) is 12.8. The minimum absolute atomic E-state index is 0.679. The molecule has 0 amide bonds. The monoisotopic (exact) mass is 529 g/mol. The third-order valence-corrected chi connectivity index (χ3v) is 6.96. The highest BCUT2D eigenvalue weighted by molar-refractivity contribution is 9.10. The van der Waals surface area contributed by atoms with Crippen LogP contribution in [0.3, 0.4) is 0 Å². The number of anilines is 1. The van der Waals surface area contributed by atoms with Crippen LogP contribution in [0.1, 0.15) is 12.0 Å². The second-order valence-corrected chi connectivity index (χ2v) is 9.67. The van der Waals surface area contributed by atoms with Gasteiger partial charge in [-0.2, -0.15) is 9.61 Å². The number of thioether (sulfide) groups is 1. The van der Waals surface area contributed by atoms with Gasteiger partial charge < -0.3 is 10.2 Å². The quantitative estimate of drug-likeness (QED) is 0.198. The molecule has 0 atom stereocenters. The molecular formula is C24H25BrClN5S. The van der Waals surface area contributed by atoms with E-state index in [1.807, 2.05) is 34.8 Å². The van der Waals surface area contributed by atoms with Crippen molar-refractivity contribution < 1.29 is 0 Å². The molecule has 2 aromatic carbocycles. The maximum absolute atomic E-state index is 6.42. The van der Waals surface area contributed by atoms with Crippen LogP contribution < -0.4 is 5.32 Å². The van der Waals surface area contributed by atoms with Crippen LogP contribution in [0.4, 0.5) is 5.82 Å². The van der Waals surface area contributed by atoms with Crippen molar-refractivity contribution in [2.75, 3.05) is 31.7 Å². The Balaban J connectivity index is 1.43. The lowest BCUT2D eigenvalue weighted by atomic mass is 10.1. The summed E-state index contributed by atoms with van der Waals surface area (Å²) in [5.41, 5.74) is 3.85. The molecule has 8 heteroatoms. The van der Waals surface area contributed by atoms with Crippen LogP contribution in [0.2, 0.25) is 5.02 Å². The zero-order chi connectivity index (χ0) is 22.5. The van der Waals surface area contributed by atoms with Gasteiger partial charge in [-0.05, 0) is 59.9 Å². The molecule has 0 saturated carbocycles. The standard InChI is InChI=1S/C24H25BrClN5S/c1-30(16-17-8-3-6-11-22(17)32-2)13-7-12-27-23-14-21(18-9-4-5-10-20(18)26)29-24-19(25)15-28-31(23)24/h3-6,8-11,14-15,27H,7,12-13,16H2,1-2H3. The summed E-state index contributed by atoms with van der Waals surface area (Å²) in [6.45, 7) is 2.76. The second-order valence-electron chi connectivity index (χ2n) is 7.56. The van der Waals surface area contributed by atoms with Crippen LogP contribution in [-0.4, -0.2) is 45.9 Å². The summed E-state index contributed by atoms with van der Waals surface area (Å²) in [5, 5.41) is 8.68. The Morgan fingerprint density at radius 3 is 2.75 bits per heavy atom. The fourth-order valence-electron chi connectivity index (χ4n) is 3.64. The first-order chi connectivity index (χ1) is 15.6. The topological polar surface area (TPSA) is 45.5 Å². The number of halogens is 2. The van der Waals surface area contributed by atoms with Gasteiger partial charge in [-0.25, -0.2) is 4.98 Å². The molecule has 0 bridgehead atoms. The van der Waals surface area contributed by atoms with E-state index < -0.39 is 0 Å². The first kappa shape index (κ1) is 23.1. The average molecular weight is 531 g/mol. The molecule has 4 rings (SSSR count). The summed E-state index contributed by atoms with van der Waals surface area (Å²) >= 11 is 11.8. The van der Waals surface area contributed by atoms with E-state index in [2.05, 4.69) is 68.8 Å². The van der Waals surface area contributed by atoms with Crippen LogP contribution in [0.15, 0.2) is 70.2 Å². The third-order valence-electron chi connectivity index (χ3n) is 5.23. The molecular weight excluding hydrogens is 506 g/mol. The molecule has 0 aliphatic heterocycles. The molecule has 5 nitrogen and oxygen atoms in total. The van der Waals surface area contributed by atoms with Crippen molar-refractivity contribution in [3.63, 3.8) is 0 Å². The minimum Gasteiger partial charge on any atom is -0.370 e. The molecule has 4 aromatic rings. The van der Waals surface area contributed by atoms with Crippen LogP contribution in [0, 0.1) is 0 Å². The van der Waals surface area contributed by atoms with Crippen molar-refractivity contribution in [1.82, 2.24) is 19.5 Å². The molecule has 0 aliphatic rings. The fourth-order valence-corrected chi connectivity index (χ4v) is 4.83. The highest BCUT2D eigenvalue weighted by Gasteiger charge is 2.13. The minimum atomic E-state index is 0.679. The molecule has 32 heavy (non-hydrogen) atoms. The summed E-state index contributed by atoms with van der Waals surface area (Å²) < 4.78 is 2.67. The van der Waals surface area contributed by atoms with E-state index in [9.17, 15) is 0 Å². The van der Waals surface area contributed by atoms with Crippen molar-refractivity contribution in [2.24, 2.45) is 0 Å². The number of aromatic nitrogens is 3. The maximum atomic E-state index is 6.42. The number of benzene rings is 2. The van der Waals surface area contributed by atoms with E-state index in [0.29, 0.717) is 5.02 Å². The Labute approximate surface area is 206 Å². The highest BCUT2D eigenvalue weighted by atomic mass is 79.9. The van der Waals surface area contributed by atoms with Gasteiger partial charge in [0.2, 0.25) is 0 Å². The summed E-state index contributed by atoms with van der Waals surface area (Å²) in [7, 11) is 2.17. The van der Waals surface area contributed by atoms with Gasteiger partial charge in [-0.1, -0.05) is 48.0 Å². The number of nitrogens with zero attached hydrogens (tertiary/aromatic N) is 4. The first-order valence-electron chi connectivity index (χ1n) is 10.4. The Bertz CT molecular complexity index is 1210. The number of nitrogens with one attached hydrogen (secondary N) is 1. The number of hydrogen-bond donors (Lipinski definition) is 1. The lowest BCUT2D eigenvalue weighted by Crippen LogP contribution is -2.22. The number of fused-ring (bicyclic) bond motifs is 1. The number of rotatable bonds is 9. The second kappa shape index (κ2) is 10.7. The SMILES string of the molecule is CSc1ccccc1CN(C)CCCNc1cc(-c2ccccc2Cl)nc2c(Br)cnn12. The molecule has 2 aromatic heterocycles. The fraction of sp³-hybridized carbons (Fsp3) is 0.250. The normalized spacial score (nSPS) is 11.4. The highest BCUT2D eigenvalue weighted by Crippen LogP contribution is 2.30. The van der Waals surface area contributed by atoms with Crippen LogP contribution in [0.25, 0.3) is 16.9 Å². The number of hydrogen-bond acceptors (Lipinski definition) is 5. The van der Waals surface area contributed by atoms with Gasteiger partial charge in [-0.15, -0.1) is 11.8 Å². The van der Waals surface area contributed by atoms with E-state index in [1.54, 1.807) is 18.0 Å². The largest absolute Gasteiger partial charge is 0.370 e. The van der Waals surface area contributed by atoms with Crippen molar-refractivity contribution in [1.29, 1.82) is 0 Å². The summed E-state index contributed by atoms with van der Waals surface area (Å²) in [5.74, 6) is 0.894. The van der Waals surface area contributed by atoms with Crippen LogP contribution in [0.5, 0.6) is 0 Å². The average Bonchev–Trinajstić information content (AvgIpc) is 3.18. The molecule has 2 heterocycles. The van der Waals surface area contributed by atoms with Gasteiger partial charge in [0.05, 0.1) is 16.4 Å². The molecule has 1 N–H and O–H groups in total. The van der Waals surface area contributed by atoms with Crippen molar-refractivity contribution in [2.45, 2.75) is 17.9 Å². The Hall–Kier alpha value is -2.06. The predicted octanol–water partition coefficient (Wildman–Crippen LogP) is 6.47. The van der Waals surface area contributed by atoms with Gasteiger partial charge in [-0.3, -0.25) is 0 Å². The van der Waals surface area contributed by atoms with E-state index in [-0.39, 0.29) is 0 Å². The zero-order valence-corrected chi connectivity index (χ0v) is 21.2. The van der Waals surface area contributed by atoms with Gasteiger partial charge in [0, 0.05) is 34.6 Å². The van der Waals surface area contributed by atoms with E-state index in [4.69, 9.17) is 16.6 Å². The molecule has 0 spiro atoms. The Morgan fingerprint density at radius 1 is 1.16 bits per heavy atom. The van der Waals surface area contributed by atoms with Gasteiger partial charge in [0.25, 0.3) is 0 Å². The summed E-state index contributed by atoms with van der Waals surface area (Å²) in [6.07, 6.45) is 4.90. The van der Waals surface area contributed by atoms with Crippen molar-refractivity contribution in [3.05, 3.63) is 75.9 Å². The van der Waals surface area contributed by atoms with Crippen LogP contribution in [-0.2, 0) is 6.54 Å². The lowest BCUT2D eigenvalue weighted by Gasteiger charge is -2.19. The summed E-state index contributed by atoms with van der Waals surface area (Å²) in [6, 6.07) is 18.4. The van der Waals surface area contributed by atoms with Crippen molar-refractivity contribution >= 4 is 50.8 Å². The zero-order valence-electron chi connectivity index (χ0n) is 18.1. The van der Waals surface area contributed by atoms with E-state index in [1.165, 1.54) is 10.5 Å². The summed E-state index contributed by atoms with van der Waals surface area (Å²) in [4.78, 5) is 8.47. The van der Waals surface area contributed by atoms with E-state index in [0.717, 1.165) is 53.3 Å². The third kappa shape index (κ3) is 5.29. The smallest absolute Gasteiger partial charge is 0.172 e. The maximum Gasteiger partial charge on any atom is 0.172 e. The molecule has 0 aliphatic carbocycles.